The molecule has 0 aromatic rings. The highest BCUT2D eigenvalue weighted by Crippen LogP contribution is 2.24. The molecule has 0 bridgehead atoms. The van der Waals surface area contributed by atoms with Crippen molar-refractivity contribution in [3.63, 3.8) is 0 Å². The summed E-state index contributed by atoms with van der Waals surface area (Å²) in [5, 5.41) is 13.0. The van der Waals surface area contributed by atoms with E-state index in [4.69, 9.17) is 4.74 Å². The fraction of sp³-hybridized carbons (Fsp3) is 0.750. The van der Waals surface area contributed by atoms with E-state index in [-0.39, 0.29) is 0 Å². The zero-order valence-corrected chi connectivity index (χ0v) is 12.6. The predicted molar refractivity (Wildman–Crippen MR) is 80.2 cm³/mol. The lowest BCUT2D eigenvalue weighted by atomic mass is 9.85. The standard InChI is InChI=1S/C16H29NO2/c1-13(2)8-9-17-10-16(18)12-19-11-15-7-5-4-6-14(15)3/h4-5,8,14-18H,6-7,9-12H2,1-3H3. The second-order valence-corrected chi connectivity index (χ2v) is 5.81. The highest BCUT2D eigenvalue weighted by molar-refractivity contribution is 4.94. The molecule has 1 aliphatic carbocycles. The summed E-state index contributed by atoms with van der Waals surface area (Å²) in [5.41, 5.74) is 1.29. The Balaban J connectivity index is 2.05. The second-order valence-electron chi connectivity index (χ2n) is 5.81. The minimum absolute atomic E-state index is 0.417. The summed E-state index contributed by atoms with van der Waals surface area (Å²) in [4.78, 5) is 0. The average Bonchev–Trinajstić information content (AvgIpc) is 2.37. The molecule has 0 saturated heterocycles. The molecule has 0 aromatic carbocycles. The maximum atomic E-state index is 9.79. The smallest absolute Gasteiger partial charge is 0.0897 e. The van der Waals surface area contributed by atoms with E-state index < -0.39 is 6.10 Å². The van der Waals surface area contributed by atoms with Crippen molar-refractivity contribution in [2.24, 2.45) is 11.8 Å². The first kappa shape index (κ1) is 16.4. The molecule has 0 radical (unpaired) electrons. The van der Waals surface area contributed by atoms with Gasteiger partial charge in [0, 0.05) is 13.1 Å². The first-order valence-electron chi connectivity index (χ1n) is 7.34. The van der Waals surface area contributed by atoms with E-state index in [2.05, 4.69) is 44.3 Å². The van der Waals surface area contributed by atoms with Crippen molar-refractivity contribution in [3.05, 3.63) is 23.8 Å². The molecule has 0 heterocycles. The number of rotatable bonds is 8. The first-order valence-corrected chi connectivity index (χ1v) is 7.34. The monoisotopic (exact) mass is 267 g/mol. The molecule has 3 heteroatoms. The summed E-state index contributed by atoms with van der Waals surface area (Å²) in [5.74, 6) is 1.30. The lowest BCUT2D eigenvalue weighted by Gasteiger charge is -2.25. The van der Waals surface area contributed by atoms with Gasteiger partial charge in [0.05, 0.1) is 19.3 Å². The van der Waals surface area contributed by atoms with Gasteiger partial charge in [-0.25, -0.2) is 0 Å². The van der Waals surface area contributed by atoms with E-state index in [1.165, 1.54) is 5.57 Å². The maximum Gasteiger partial charge on any atom is 0.0897 e. The van der Waals surface area contributed by atoms with Crippen LogP contribution in [-0.2, 0) is 4.74 Å². The Labute approximate surface area is 117 Å². The fourth-order valence-electron chi connectivity index (χ4n) is 2.18. The van der Waals surface area contributed by atoms with Gasteiger partial charge in [-0.15, -0.1) is 0 Å². The lowest BCUT2D eigenvalue weighted by molar-refractivity contribution is 0.0132. The van der Waals surface area contributed by atoms with Crippen molar-refractivity contribution in [1.82, 2.24) is 5.32 Å². The first-order chi connectivity index (χ1) is 9.09. The third-order valence-corrected chi connectivity index (χ3v) is 3.59. The molecule has 1 aliphatic rings. The molecule has 1 rings (SSSR count). The molecule has 3 unspecified atom stereocenters. The van der Waals surface area contributed by atoms with Gasteiger partial charge in [0.15, 0.2) is 0 Å². The summed E-state index contributed by atoms with van der Waals surface area (Å²) < 4.78 is 5.64. The summed E-state index contributed by atoms with van der Waals surface area (Å²) in [7, 11) is 0. The van der Waals surface area contributed by atoms with Crippen LogP contribution in [0.3, 0.4) is 0 Å². The summed E-state index contributed by atoms with van der Waals surface area (Å²) in [6, 6.07) is 0. The van der Waals surface area contributed by atoms with Crippen LogP contribution in [0.25, 0.3) is 0 Å². The number of ether oxygens (including phenoxy) is 1. The minimum Gasteiger partial charge on any atom is -0.389 e. The highest BCUT2D eigenvalue weighted by atomic mass is 16.5. The molecule has 19 heavy (non-hydrogen) atoms. The molecule has 0 spiro atoms. The third kappa shape index (κ3) is 7.51. The molecule has 110 valence electrons. The maximum absolute atomic E-state index is 9.79. The number of allylic oxidation sites excluding steroid dienone is 3. The van der Waals surface area contributed by atoms with Crippen LogP contribution in [0.4, 0.5) is 0 Å². The van der Waals surface area contributed by atoms with Crippen LogP contribution in [0.1, 0.15) is 33.6 Å². The lowest BCUT2D eigenvalue weighted by Crippen LogP contribution is -2.31. The molecular formula is C16H29NO2. The van der Waals surface area contributed by atoms with E-state index in [1.54, 1.807) is 0 Å². The van der Waals surface area contributed by atoms with Gasteiger partial charge in [0.25, 0.3) is 0 Å². The van der Waals surface area contributed by atoms with Gasteiger partial charge in [0.1, 0.15) is 0 Å². The van der Waals surface area contributed by atoms with Crippen LogP contribution in [0.5, 0.6) is 0 Å². The number of nitrogens with one attached hydrogen (secondary N) is 1. The Morgan fingerprint density at radius 3 is 2.84 bits per heavy atom. The Kier molecular flexibility index (Phi) is 8.03. The molecule has 0 aromatic heterocycles. The summed E-state index contributed by atoms with van der Waals surface area (Å²) in [6.45, 7) is 9.00. The normalized spacial score (nSPS) is 24.2. The van der Waals surface area contributed by atoms with Crippen LogP contribution >= 0.6 is 0 Å². The van der Waals surface area contributed by atoms with Crippen LogP contribution in [0, 0.1) is 11.8 Å². The van der Waals surface area contributed by atoms with Crippen LogP contribution in [0.15, 0.2) is 23.8 Å². The largest absolute Gasteiger partial charge is 0.389 e. The van der Waals surface area contributed by atoms with Crippen molar-refractivity contribution in [1.29, 1.82) is 0 Å². The van der Waals surface area contributed by atoms with E-state index >= 15 is 0 Å². The number of aliphatic hydroxyl groups excluding tert-OH is 1. The molecule has 0 aliphatic heterocycles. The van der Waals surface area contributed by atoms with Gasteiger partial charge in [-0.2, -0.15) is 0 Å². The zero-order chi connectivity index (χ0) is 14.1. The zero-order valence-electron chi connectivity index (χ0n) is 12.6. The van der Waals surface area contributed by atoms with Crippen LogP contribution in [-0.4, -0.2) is 37.5 Å². The molecule has 0 saturated carbocycles. The number of hydrogen-bond donors (Lipinski definition) is 2. The average molecular weight is 267 g/mol. The van der Waals surface area contributed by atoms with Crippen molar-refractivity contribution >= 4 is 0 Å². The quantitative estimate of drug-likeness (QED) is 0.524. The number of hydrogen-bond acceptors (Lipinski definition) is 3. The van der Waals surface area contributed by atoms with Gasteiger partial charge in [-0.05, 0) is 38.5 Å². The fourth-order valence-corrected chi connectivity index (χ4v) is 2.18. The van der Waals surface area contributed by atoms with Crippen molar-refractivity contribution < 1.29 is 9.84 Å². The molecular weight excluding hydrogens is 238 g/mol. The minimum atomic E-state index is -0.417. The Morgan fingerprint density at radius 1 is 1.42 bits per heavy atom. The van der Waals surface area contributed by atoms with Gasteiger partial charge >= 0.3 is 0 Å². The molecule has 3 nitrogen and oxygen atoms in total. The van der Waals surface area contributed by atoms with Crippen molar-refractivity contribution in [3.8, 4) is 0 Å². The molecule has 0 amide bonds. The van der Waals surface area contributed by atoms with Crippen molar-refractivity contribution in [2.75, 3.05) is 26.3 Å². The van der Waals surface area contributed by atoms with Crippen LogP contribution < -0.4 is 5.32 Å². The Hall–Kier alpha value is -0.640. The third-order valence-electron chi connectivity index (χ3n) is 3.59. The molecule has 2 N–H and O–H groups in total. The van der Waals surface area contributed by atoms with Crippen LogP contribution in [0.2, 0.25) is 0 Å². The van der Waals surface area contributed by atoms with E-state index in [0.29, 0.717) is 25.0 Å². The van der Waals surface area contributed by atoms with E-state index in [0.717, 1.165) is 26.0 Å². The SMILES string of the molecule is CC(C)=CCNCC(O)COCC1CC=CCC1C. The van der Waals surface area contributed by atoms with E-state index in [9.17, 15) is 5.11 Å². The predicted octanol–water partition coefficient (Wildman–Crippen LogP) is 2.52. The Bertz CT molecular complexity index is 295. The number of aliphatic hydroxyl groups is 1. The highest BCUT2D eigenvalue weighted by Gasteiger charge is 2.18. The Morgan fingerprint density at radius 2 is 2.16 bits per heavy atom. The summed E-state index contributed by atoms with van der Waals surface area (Å²) >= 11 is 0. The molecule has 3 atom stereocenters. The van der Waals surface area contributed by atoms with E-state index in [1.807, 2.05) is 0 Å². The van der Waals surface area contributed by atoms with Gasteiger partial charge in [-0.3, -0.25) is 0 Å². The summed E-state index contributed by atoms with van der Waals surface area (Å²) in [6.07, 6.45) is 8.45. The van der Waals surface area contributed by atoms with Crippen molar-refractivity contribution in [2.45, 2.75) is 39.7 Å². The molecule has 0 fully saturated rings. The van der Waals surface area contributed by atoms with Gasteiger partial charge < -0.3 is 15.2 Å². The van der Waals surface area contributed by atoms with Gasteiger partial charge in [-0.1, -0.05) is 30.7 Å². The topological polar surface area (TPSA) is 41.5 Å². The second kappa shape index (κ2) is 9.29. The van der Waals surface area contributed by atoms with Gasteiger partial charge in [0.2, 0.25) is 0 Å².